The molecule has 0 aliphatic rings. The van der Waals surface area contributed by atoms with Gasteiger partial charge in [-0.05, 0) is 24.6 Å². The zero-order valence-electron chi connectivity index (χ0n) is 12.9. The van der Waals surface area contributed by atoms with Gasteiger partial charge in [0.15, 0.2) is 11.6 Å². The molecule has 0 radical (unpaired) electrons. The molecule has 0 aliphatic heterocycles. The molecule has 2 heterocycles. The molecule has 0 bridgehead atoms. The topological polar surface area (TPSA) is 105 Å². The summed E-state index contributed by atoms with van der Waals surface area (Å²) in [6, 6.07) is 3.62. The largest absolute Gasteiger partial charge is 0.416 e. The number of rotatable bonds is 5. The Balaban J connectivity index is 1.69. The lowest BCUT2D eigenvalue weighted by molar-refractivity contribution is 0.419. The third-order valence-corrected chi connectivity index (χ3v) is 4.27. The number of aromatic amines is 2. The summed E-state index contributed by atoms with van der Waals surface area (Å²) in [5.74, 6) is -1.31. The predicted molar refractivity (Wildman–Crippen MR) is 85.4 cm³/mol. The Morgan fingerprint density at radius 2 is 1.96 bits per heavy atom. The minimum Gasteiger partial charge on any atom is -0.416 e. The first kappa shape index (κ1) is 17.1. The van der Waals surface area contributed by atoms with Gasteiger partial charge in [-0.2, -0.15) is 0 Å². The summed E-state index contributed by atoms with van der Waals surface area (Å²) in [7, 11) is 0. The van der Waals surface area contributed by atoms with Crippen LogP contribution in [-0.2, 0) is 12.2 Å². The zero-order valence-corrected chi connectivity index (χ0v) is 13.7. The van der Waals surface area contributed by atoms with Crippen LogP contribution in [0.3, 0.4) is 0 Å². The van der Waals surface area contributed by atoms with Gasteiger partial charge in [-0.3, -0.25) is 9.78 Å². The molecule has 0 unspecified atom stereocenters. The number of halogens is 2. The monoisotopic (exact) mass is 366 g/mol. The summed E-state index contributed by atoms with van der Waals surface area (Å²) in [5.41, 5.74) is 0.204. The molecule has 0 saturated carbocycles. The van der Waals surface area contributed by atoms with E-state index in [1.807, 2.05) is 0 Å². The second kappa shape index (κ2) is 7.01. The lowest BCUT2D eigenvalue weighted by atomic mass is 10.2. The standard InChI is InChI=1S/C15H12F2N4O3S/c1-7-9(13(22)19-14(23)18-7)5-12-20-21-15(24-12)25-6-8-2-3-10(16)11(17)4-8/h2-4H,5-6H2,1H3,(H2,18,19,22,23). The summed E-state index contributed by atoms with van der Waals surface area (Å²) in [5, 5.41) is 7.92. The molecule has 10 heteroatoms. The number of hydrogen-bond acceptors (Lipinski definition) is 6. The van der Waals surface area contributed by atoms with Crippen molar-refractivity contribution in [1.82, 2.24) is 20.2 Å². The number of aryl methyl sites for hydroxylation is 1. The number of thioether (sulfide) groups is 1. The normalized spacial score (nSPS) is 11.0. The maximum Gasteiger partial charge on any atom is 0.325 e. The SMILES string of the molecule is Cc1[nH]c(=O)[nH]c(=O)c1Cc1nnc(SCc2ccc(F)c(F)c2)o1. The summed E-state index contributed by atoms with van der Waals surface area (Å²) >= 11 is 1.16. The van der Waals surface area contributed by atoms with Crippen LogP contribution < -0.4 is 11.2 Å². The molecule has 0 aliphatic carbocycles. The number of benzene rings is 1. The summed E-state index contributed by atoms with van der Waals surface area (Å²) in [6.45, 7) is 1.60. The molecule has 3 rings (SSSR count). The van der Waals surface area contributed by atoms with Crippen LogP contribution in [0.25, 0.3) is 0 Å². The highest BCUT2D eigenvalue weighted by atomic mass is 32.2. The Morgan fingerprint density at radius 3 is 2.68 bits per heavy atom. The van der Waals surface area contributed by atoms with E-state index in [2.05, 4.69) is 20.2 Å². The molecular weight excluding hydrogens is 354 g/mol. The van der Waals surface area contributed by atoms with E-state index in [0.717, 1.165) is 23.9 Å². The fourth-order valence-corrected chi connectivity index (χ4v) is 2.86. The van der Waals surface area contributed by atoms with Gasteiger partial charge in [0.1, 0.15) is 0 Å². The predicted octanol–water partition coefficient (Wildman–Crippen LogP) is 1.92. The van der Waals surface area contributed by atoms with Gasteiger partial charge in [-0.25, -0.2) is 13.6 Å². The molecule has 25 heavy (non-hydrogen) atoms. The Morgan fingerprint density at radius 1 is 1.16 bits per heavy atom. The van der Waals surface area contributed by atoms with E-state index in [9.17, 15) is 18.4 Å². The van der Waals surface area contributed by atoms with E-state index in [1.165, 1.54) is 6.07 Å². The molecule has 1 aromatic carbocycles. The summed E-state index contributed by atoms with van der Waals surface area (Å²) in [4.78, 5) is 27.6. The number of hydrogen-bond donors (Lipinski definition) is 2. The van der Waals surface area contributed by atoms with Crippen molar-refractivity contribution >= 4 is 11.8 Å². The fourth-order valence-electron chi connectivity index (χ4n) is 2.13. The lowest BCUT2D eigenvalue weighted by Crippen LogP contribution is -2.27. The second-order valence-electron chi connectivity index (χ2n) is 5.19. The maximum atomic E-state index is 13.2. The van der Waals surface area contributed by atoms with Crippen molar-refractivity contribution < 1.29 is 13.2 Å². The van der Waals surface area contributed by atoms with E-state index < -0.39 is 22.9 Å². The summed E-state index contributed by atoms with van der Waals surface area (Å²) in [6.07, 6.45) is 0.0662. The van der Waals surface area contributed by atoms with Crippen LogP contribution in [-0.4, -0.2) is 20.2 Å². The minimum atomic E-state index is -0.919. The first-order valence-corrected chi connectivity index (χ1v) is 8.12. The molecular formula is C15H12F2N4O3S. The average Bonchev–Trinajstić information content (AvgIpc) is 3.00. The molecule has 0 atom stereocenters. The molecule has 0 amide bonds. The van der Waals surface area contributed by atoms with Gasteiger partial charge >= 0.3 is 5.69 Å². The van der Waals surface area contributed by atoms with E-state index in [-0.39, 0.29) is 17.5 Å². The Kier molecular flexibility index (Phi) is 4.79. The van der Waals surface area contributed by atoms with E-state index >= 15 is 0 Å². The third kappa shape index (κ3) is 4.02. The van der Waals surface area contributed by atoms with Gasteiger partial charge in [0.25, 0.3) is 10.8 Å². The van der Waals surface area contributed by atoms with Crippen molar-refractivity contribution in [2.45, 2.75) is 24.3 Å². The van der Waals surface area contributed by atoms with Crippen LogP contribution in [0.15, 0.2) is 37.4 Å². The van der Waals surface area contributed by atoms with E-state index in [1.54, 1.807) is 6.92 Å². The highest BCUT2D eigenvalue weighted by Gasteiger charge is 2.13. The van der Waals surface area contributed by atoms with Crippen molar-refractivity contribution in [2.24, 2.45) is 0 Å². The molecule has 2 N–H and O–H groups in total. The molecule has 0 fully saturated rings. The smallest absolute Gasteiger partial charge is 0.325 e. The number of H-pyrrole nitrogens is 2. The quantitative estimate of drug-likeness (QED) is 0.669. The average molecular weight is 366 g/mol. The molecule has 0 spiro atoms. The fraction of sp³-hybridized carbons (Fsp3) is 0.200. The zero-order chi connectivity index (χ0) is 18.0. The van der Waals surface area contributed by atoms with Crippen LogP contribution in [0, 0.1) is 18.6 Å². The van der Waals surface area contributed by atoms with Gasteiger partial charge in [-0.1, -0.05) is 17.8 Å². The van der Waals surface area contributed by atoms with Crippen molar-refractivity contribution in [3.05, 3.63) is 73.4 Å². The van der Waals surface area contributed by atoms with Crippen LogP contribution in [0.4, 0.5) is 8.78 Å². The van der Waals surface area contributed by atoms with Gasteiger partial charge < -0.3 is 9.40 Å². The van der Waals surface area contributed by atoms with Crippen LogP contribution >= 0.6 is 11.8 Å². The highest BCUT2D eigenvalue weighted by Crippen LogP contribution is 2.23. The van der Waals surface area contributed by atoms with Crippen LogP contribution in [0.2, 0.25) is 0 Å². The Labute approximate surface area is 143 Å². The number of nitrogens with one attached hydrogen (secondary N) is 2. The number of aromatic nitrogens is 4. The molecule has 2 aromatic heterocycles. The highest BCUT2D eigenvalue weighted by molar-refractivity contribution is 7.98. The molecule has 130 valence electrons. The lowest BCUT2D eigenvalue weighted by Gasteiger charge is -2.00. The van der Waals surface area contributed by atoms with Gasteiger partial charge in [-0.15, -0.1) is 10.2 Å². The van der Waals surface area contributed by atoms with Gasteiger partial charge in [0.05, 0.1) is 6.42 Å². The van der Waals surface area contributed by atoms with Crippen molar-refractivity contribution in [3.8, 4) is 0 Å². The maximum absolute atomic E-state index is 13.2. The van der Waals surface area contributed by atoms with Gasteiger partial charge in [0, 0.05) is 17.0 Å². The van der Waals surface area contributed by atoms with Crippen molar-refractivity contribution in [1.29, 1.82) is 0 Å². The summed E-state index contributed by atoms with van der Waals surface area (Å²) < 4.78 is 31.5. The Bertz CT molecular complexity index is 1030. The minimum absolute atomic E-state index is 0.0662. The number of nitrogens with zero attached hydrogens (tertiary/aromatic N) is 2. The first-order chi connectivity index (χ1) is 11.9. The van der Waals surface area contributed by atoms with Crippen molar-refractivity contribution in [2.75, 3.05) is 0 Å². The first-order valence-electron chi connectivity index (χ1n) is 7.13. The van der Waals surface area contributed by atoms with E-state index in [0.29, 0.717) is 22.6 Å². The molecule has 0 saturated heterocycles. The second-order valence-corrected chi connectivity index (χ2v) is 6.11. The van der Waals surface area contributed by atoms with Crippen LogP contribution in [0.1, 0.15) is 22.7 Å². The third-order valence-electron chi connectivity index (χ3n) is 3.38. The molecule has 7 nitrogen and oxygen atoms in total. The Hall–Kier alpha value is -2.75. The van der Waals surface area contributed by atoms with E-state index in [4.69, 9.17) is 4.42 Å². The van der Waals surface area contributed by atoms with Gasteiger partial charge in [0.2, 0.25) is 5.89 Å². The van der Waals surface area contributed by atoms with Crippen LogP contribution in [0.5, 0.6) is 0 Å². The van der Waals surface area contributed by atoms with Crippen molar-refractivity contribution in [3.63, 3.8) is 0 Å². The molecule has 3 aromatic rings.